The number of nitrogens with one attached hydrogen (secondary N) is 1. The molecule has 1 saturated heterocycles. The second kappa shape index (κ2) is 4.71. The van der Waals surface area contributed by atoms with Crippen LogP contribution in [0.5, 0.6) is 0 Å². The maximum atomic E-state index is 5.43. The lowest BCUT2D eigenvalue weighted by atomic mass is 9.82. The molecule has 2 heterocycles. The second-order valence-corrected chi connectivity index (χ2v) is 6.49. The summed E-state index contributed by atoms with van der Waals surface area (Å²) in [6, 6.07) is 6.88. The SMILES string of the molecule is CC1CC(C)(C)Nc2cc(N3CCOCC3)ccc21. The molecule has 1 aromatic rings. The number of nitrogens with zero attached hydrogens (tertiary/aromatic N) is 1. The Balaban J connectivity index is 1.90. The molecule has 0 aliphatic carbocycles. The average Bonchev–Trinajstić information content (AvgIpc) is 2.37. The molecule has 3 rings (SSSR count). The van der Waals surface area contributed by atoms with Crippen LogP contribution in [0.25, 0.3) is 0 Å². The number of hydrogen-bond acceptors (Lipinski definition) is 3. The topological polar surface area (TPSA) is 24.5 Å². The van der Waals surface area contributed by atoms with E-state index in [1.165, 1.54) is 23.4 Å². The minimum atomic E-state index is 0.191. The summed E-state index contributed by atoms with van der Waals surface area (Å²) < 4.78 is 5.43. The maximum Gasteiger partial charge on any atom is 0.0642 e. The van der Waals surface area contributed by atoms with Crippen molar-refractivity contribution in [2.75, 3.05) is 36.5 Å². The molecule has 1 atom stereocenters. The Labute approximate surface area is 115 Å². The summed E-state index contributed by atoms with van der Waals surface area (Å²) in [4.78, 5) is 2.41. The number of anilines is 2. The molecule has 2 aliphatic heterocycles. The molecule has 0 radical (unpaired) electrons. The summed E-state index contributed by atoms with van der Waals surface area (Å²) >= 11 is 0. The molecule has 0 aromatic heterocycles. The molecule has 1 N–H and O–H groups in total. The van der Waals surface area contributed by atoms with Gasteiger partial charge >= 0.3 is 0 Å². The summed E-state index contributed by atoms with van der Waals surface area (Å²) in [6.45, 7) is 10.6. The van der Waals surface area contributed by atoms with Crippen molar-refractivity contribution in [3.8, 4) is 0 Å². The fourth-order valence-corrected chi connectivity index (χ4v) is 3.39. The van der Waals surface area contributed by atoms with Gasteiger partial charge in [-0.25, -0.2) is 0 Å². The Morgan fingerprint density at radius 3 is 2.74 bits per heavy atom. The van der Waals surface area contributed by atoms with Crippen LogP contribution < -0.4 is 10.2 Å². The number of fused-ring (bicyclic) bond motifs is 1. The molecule has 2 aliphatic rings. The quantitative estimate of drug-likeness (QED) is 0.839. The van der Waals surface area contributed by atoms with E-state index >= 15 is 0 Å². The van der Waals surface area contributed by atoms with Crippen LogP contribution in [0, 0.1) is 0 Å². The Hall–Kier alpha value is -1.22. The molecule has 1 fully saturated rings. The van der Waals surface area contributed by atoms with Crippen molar-refractivity contribution < 1.29 is 4.74 Å². The van der Waals surface area contributed by atoms with Crippen LogP contribution in [0.2, 0.25) is 0 Å². The van der Waals surface area contributed by atoms with Crippen LogP contribution in [0.1, 0.15) is 38.7 Å². The summed E-state index contributed by atoms with van der Waals surface area (Å²) in [7, 11) is 0. The van der Waals surface area contributed by atoms with Crippen molar-refractivity contribution in [2.45, 2.75) is 38.6 Å². The first-order chi connectivity index (χ1) is 9.05. The van der Waals surface area contributed by atoms with E-state index < -0.39 is 0 Å². The lowest BCUT2D eigenvalue weighted by Gasteiger charge is -2.38. The third kappa shape index (κ3) is 2.57. The molecular weight excluding hydrogens is 236 g/mol. The monoisotopic (exact) mass is 260 g/mol. The van der Waals surface area contributed by atoms with E-state index in [1.807, 2.05) is 0 Å². The molecule has 1 aromatic carbocycles. The fraction of sp³-hybridized carbons (Fsp3) is 0.625. The van der Waals surface area contributed by atoms with Gasteiger partial charge < -0.3 is 15.0 Å². The highest BCUT2D eigenvalue weighted by molar-refractivity contribution is 5.65. The first-order valence-corrected chi connectivity index (χ1v) is 7.30. The van der Waals surface area contributed by atoms with Crippen molar-refractivity contribution in [3.63, 3.8) is 0 Å². The lowest BCUT2D eigenvalue weighted by Crippen LogP contribution is -2.38. The van der Waals surface area contributed by atoms with Gasteiger partial charge in [0.05, 0.1) is 13.2 Å². The number of morpholine rings is 1. The normalized spacial score (nSPS) is 25.6. The van der Waals surface area contributed by atoms with Crippen molar-refractivity contribution >= 4 is 11.4 Å². The Morgan fingerprint density at radius 1 is 1.26 bits per heavy atom. The van der Waals surface area contributed by atoms with Crippen molar-refractivity contribution in [2.24, 2.45) is 0 Å². The molecule has 1 unspecified atom stereocenters. The Bertz CT molecular complexity index is 464. The standard InChI is InChI=1S/C16H24N2O/c1-12-11-16(2,3)17-15-10-13(4-5-14(12)15)18-6-8-19-9-7-18/h4-5,10,12,17H,6-9,11H2,1-3H3. The van der Waals surface area contributed by atoms with Crippen LogP contribution in [0.15, 0.2) is 18.2 Å². The zero-order chi connectivity index (χ0) is 13.5. The number of rotatable bonds is 1. The highest BCUT2D eigenvalue weighted by atomic mass is 16.5. The van der Waals surface area contributed by atoms with Gasteiger partial charge in [-0.2, -0.15) is 0 Å². The van der Waals surface area contributed by atoms with Gasteiger partial charge in [-0.3, -0.25) is 0 Å². The van der Waals surface area contributed by atoms with Crippen LogP contribution in [-0.4, -0.2) is 31.8 Å². The summed E-state index contributed by atoms with van der Waals surface area (Å²) in [5.41, 5.74) is 4.28. The van der Waals surface area contributed by atoms with Gasteiger partial charge in [-0.1, -0.05) is 13.0 Å². The van der Waals surface area contributed by atoms with Crippen LogP contribution in [-0.2, 0) is 4.74 Å². The van der Waals surface area contributed by atoms with Crippen molar-refractivity contribution in [3.05, 3.63) is 23.8 Å². The third-order valence-corrected chi connectivity index (χ3v) is 4.23. The molecule has 19 heavy (non-hydrogen) atoms. The number of ether oxygens (including phenoxy) is 1. The largest absolute Gasteiger partial charge is 0.380 e. The van der Waals surface area contributed by atoms with Crippen molar-refractivity contribution in [1.29, 1.82) is 0 Å². The van der Waals surface area contributed by atoms with Crippen LogP contribution in [0.3, 0.4) is 0 Å². The highest BCUT2D eigenvalue weighted by Gasteiger charge is 2.29. The van der Waals surface area contributed by atoms with Gasteiger partial charge in [0, 0.05) is 30.0 Å². The van der Waals surface area contributed by atoms with E-state index in [2.05, 4.69) is 49.2 Å². The van der Waals surface area contributed by atoms with E-state index in [1.54, 1.807) is 0 Å². The predicted molar refractivity (Wildman–Crippen MR) is 80.2 cm³/mol. The zero-order valence-corrected chi connectivity index (χ0v) is 12.2. The molecule has 0 bridgehead atoms. The molecular formula is C16H24N2O. The highest BCUT2D eigenvalue weighted by Crippen LogP contribution is 2.40. The van der Waals surface area contributed by atoms with Gasteiger partial charge in [0.25, 0.3) is 0 Å². The lowest BCUT2D eigenvalue weighted by molar-refractivity contribution is 0.122. The number of benzene rings is 1. The van der Waals surface area contributed by atoms with Crippen LogP contribution in [0.4, 0.5) is 11.4 Å². The van der Waals surface area contributed by atoms with E-state index in [4.69, 9.17) is 4.74 Å². The van der Waals surface area contributed by atoms with Crippen molar-refractivity contribution in [1.82, 2.24) is 0 Å². The average molecular weight is 260 g/mol. The van der Waals surface area contributed by atoms with Gasteiger partial charge in [-0.05, 0) is 43.9 Å². The smallest absolute Gasteiger partial charge is 0.0642 e. The van der Waals surface area contributed by atoms with Gasteiger partial charge in [0.15, 0.2) is 0 Å². The molecule has 0 saturated carbocycles. The first-order valence-electron chi connectivity index (χ1n) is 7.30. The van der Waals surface area contributed by atoms with Gasteiger partial charge in [0.1, 0.15) is 0 Å². The molecule has 3 heteroatoms. The Kier molecular flexibility index (Phi) is 3.17. The van der Waals surface area contributed by atoms with Gasteiger partial charge in [-0.15, -0.1) is 0 Å². The minimum Gasteiger partial charge on any atom is -0.380 e. The third-order valence-electron chi connectivity index (χ3n) is 4.23. The predicted octanol–water partition coefficient (Wildman–Crippen LogP) is 3.22. The molecule has 104 valence electrons. The molecule has 0 amide bonds. The van der Waals surface area contributed by atoms with E-state index in [9.17, 15) is 0 Å². The number of hydrogen-bond donors (Lipinski definition) is 1. The van der Waals surface area contributed by atoms with E-state index in [0.717, 1.165) is 26.3 Å². The van der Waals surface area contributed by atoms with E-state index in [0.29, 0.717) is 5.92 Å². The zero-order valence-electron chi connectivity index (χ0n) is 12.2. The second-order valence-electron chi connectivity index (χ2n) is 6.49. The molecule has 0 spiro atoms. The fourth-order valence-electron chi connectivity index (χ4n) is 3.39. The summed E-state index contributed by atoms with van der Waals surface area (Å²) in [6.07, 6.45) is 1.19. The van der Waals surface area contributed by atoms with E-state index in [-0.39, 0.29) is 5.54 Å². The first kappa shape index (κ1) is 12.8. The summed E-state index contributed by atoms with van der Waals surface area (Å²) in [5, 5.41) is 3.69. The minimum absolute atomic E-state index is 0.191. The van der Waals surface area contributed by atoms with Crippen LogP contribution >= 0.6 is 0 Å². The maximum absolute atomic E-state index is 5.43. The molecule has 3 nitrogen and oxygen atoms in total. The van der Waals surface area contributed by atoms with Gasteiger partial charge in [0.2, 0.25) is 0 Å². The summed E-state index contributed by atoms with van der Waals surface area (Å²) in [5.74, 6) is 0.630. The Morgan fingerprint density at radius 2 is 2.00 bits per heavy atom.